The minimum absolute atomic E-state index is 0. The summed E-state index contributed by atoms with van der Waals surface area (Å²) in [5.41, 5.74) is 0. The van der Waals surface area contributed by atoms with E-state index in [2.05, 4.69) is 4.52 Å². The molecule has 1 radical (unpaired) electrons. The summed E-state index contributed by atoms with van der Waals surface area (Å²) in [4.78, 5) is 8.66. The smallest absolute Gasteiger partial charge is 0.324 e. The van der Waals surface area contributed by atoms with Crippen molar-refractivity contribution >= 4 is 7.60 Å². The van der Waals surface area contributed by atoms with Gasteiger partial charge in [0.05, 0.1) is 6.61 Å². The van der Waals surface area contributed by atoms with Crippen molar-refractivity contribution < 1.29 is 31.1 Å². The van der Waals surface area contributed by atoms with E-state index in [0.717, 1.165) is 0 Å². The fourth-order valence-electron chi connectivity index (χ4n) is 0.293. The standard InChI is InChI=1S/C4H11O3P.Cu/c1-3-7-8(5,6)4-2;/h3-4H2,1-2H3,(H,5,6);. The van der Waals surface area contributed by atoms with Gasteiger partial charge in [-0.2, -0.15) is 0 Å². The zero-order valence-electron chi connectivity index (χ0n) is 5.43. The van der Waals surface area contributed by atoms with Crippen LogP contribution in [-0.4, -0.2) is 17.7 Å². The maximum absolute atomic E-state index is 10.5. The first-order valence-corrected chi connectivity index (χ1v) is 4.35. The Morgan fingerprint density at radius 1 is 1.56 bits per heavy atom. The van der Waals surface area contributed by atoms with Gasteiger partial charge in [0.1, 0.15) is 0 Å². The van der Waals surface area contributed by atoms with E-state index in [9.17, 15) is 4.57 Å². The molecule has 0 aromatic rings. The second-order valence-corrected chi connectivity index (χ2v) is 3.54. The van der Waals surface area contributed by atoms with Crippen molar-refractivity contribution in [1.82, 2.24) is 0 Å². The fourth-order valence-corrected chi connectivity index (χ4v) is 0.879. The summed E-state index contributed by atoms with van der Waals surface area (Å²) in [7, 11) is -3.17. The summed E-state index contributed by atoms with van der Waals surface area (Å²) in [5, 5.41) is 0. The molecule has 1 unspecified atom stereocenters. The molecule has 0 bridgehead atoms. The molecule has 1 atom stereocenters. The van der Waals surface area contributed by atoms with Crippen LogP contribution in [0, 0.1) is 0 Å². The predicted molar refractivity (Wildman–Crippen MR) is 32.0 cm³/mol. The van der Waals surface area contributed by atoms with Gasteiger partial charge in [-0.25, -0.2) is 0 Å². The van der Waals surface area contributed by atoms with E-state index >= 15 is 0 Å². The van der Waals surface area contributed by atoms with Crippen LogP contribution >= 0.6 is 7.60 Å². The second-order valence-electron chi connectivity index (χ2n) is 1.37. The fraction of sp³-hybridized carbons (Fsp3) is 1.00. The van der Waals surface area contributed by atoms with Crippen LogP contribution in [0.3, 0.4) is 0 Å². The molecule has 0 aliphatic rings. The SMILES string of the molecule is CCOP(=O)(O)CC.[Cu]. The van der Waals surface area contributed by atoms with Crippen molar-refractivity contribution in [3.63, 3.8) is 0 Å². The molecule has 9 heavy (non-hydrogen) atoms. The Morgan fingerprint density at radius 3 is 2.11 bits per heavy atom. The third kappa shape index (κ3) is 6.56. The van der Waals surface area contributed by atoms with E-state index in [0.29, 0.717) is 6.61 Å². The summed E-state index contributed by atoms with van der Waals surface area (Å²) in [6.07, 6.45) is 0.195. The summed E-state index contributed by atoms with van der Waals surface area (Å²) < 4.78 is 15.0. The molecule has 0 aromatic heterocycles. The van der Waals surface area contributed by atoms with E-state index in [4.69, 9.17) is 4.89 Å². The van der Waals surface area contributed by atoms with Gasteiger partial charge in [0.25, 0.3) is 0 Å². The Labute approximate surface area is 65.8 Å². The largest absolute Gasteiger partial charge is 0.327 e. The van der Waals surface area contributed by atoms with Crippen molar-refractivity contribution in [3.8, 4) is 0 Å². The molecular weight excluding hydrogens is 191 g/mol. The molecule has 0 saturated heterocycles. The maximum atomic E-state index is 10.5. The Kier molecular flexibility index (Phi) is 7.49. The number of hydrogen-bond donors (Lipinski definition) is 1. The van der Waals surface area contributed by atoms with Crippen LogP contribution in [0.1, 0.15) is 13.8 Å². The Balaban J connectivity index is 0. The molecule has 3 nitrogen and oxygen atoms in total. The first kappa shape index (κ1) is 12.4. The molecule has 0 amide bonds. The van der Waals surface area contributed by atoms with Crippen LogP contribution in [0.2, 0.25) is 0 Å². The van der Waals surface area contributed by atoms with Crippen molar-refractivity contribution in [1.29, 1.82) is 0 Å². The first-order valence-electron chi connectivity index (χ1n) is 2.58. The van der Waals surface area contributed by atoms with Crippen LogP contribution in [0.25, 0.3) is 0 Å². The Morgan fingerprint density at radius 2 is 2.00 bits per heavy atom. The molecule has 0 aliphatic carbocycles. The monoisotopic (exact) mass is 201 g/mol. The quantitative estimate of drug-likeness (QED) is 0.552. The maximum Gasteiger partial charge on any atom is 0.327 e. The Bertz CT molecular complexity index is 106. The molecule has 5 heteroatoms. The second kappa shape index (κ2) is 5.45. The molecule has 0 spiro atoms. The summed E-state index contributed by atoms with van der Waals surface area (Å²) in [5.74, 6) is 0. The van der Waals surface area contributed by atoms with Gasteiger partial charge in [0, 0.05) is 23.2 Å². The van der Waals surface area contributed by atoms with E-state index in [1.165, 1.54) is 0 Å². The van der Waals surface area contributed by atoms with Crippen LogP contribution in [0.15, 0.2) is 0 Å². The van der Waals surface area contributed by atoms with Crippen molar-refractivity contribution in [3.05, 3.63) is 0 Å². The van der Waals surface area contributed by atoms with Crippen molar-refractivity contribution in [2.45, 2.75) is 13.8 Å². The molecule has 0 aliphatic heterocycles. The third-order valence-electron chi connectivity index (χ3n) is 0.730. The van der Waals surface area contributed by atoms with Crippen molar-refractivity contribution in [2.75, 3.05) is 12.8 Å². The Hall–Kier alpha value is 0.669. The van der Waals surface area contributed by atoms with E-state index in [1.807, 2.05) is 0 Å². The topological polar surface area (TPSA) is 46.5 Å². The molecule has 0 heterocycles. The minimum Gasteiger partial charge on any atom is -0.324 e. The van der Waals surface area contributed by atoms with Gasteiger partial charge in [-0.05, 0) is 6.92 Å². The van der Waals surface area contributed by atoms with E-state index in [1.54, 1.807) is 13.8 Å². The summed E-state index contributed by atoms with van der Waals surface area (Å²) >= 11 is 0. The first-order chi connectivity index (χ1) is 3.62. The van der Waals surface area contributed by atoms with Crippen LogP contribution in [0.4, 0.5) is 0 Å². The van der Waals surface area contributed by atoms with Gasteiger partial charge < -0.3 is 9.42 Å². The van der Waals surface area contributed by atoms with Crippen LogP contribution in [-0.2, 0) is 26.2 Å². The zero-order chi connectivity index (χ0) is 6.62. The normalized spacial score (nSPS) is 15.9. The van der Waals surface area contributed by atoms with Crippen LogP contribution < -0.4 is 0 Å². The summed E-state index contributed by atoms with van der Waals surface area (Å²) in [6.45, 7) is 3.62. The van der Waals surface area contributed by atoms with Crippen molar-refractivity contribution in [2.24, 2.45) is 0 Å². The third-order valence-corrected chi connectivity index (χ3v) is 2.19. The van der Waals surface area contributed by atoms with Gasteiger partial charge >= 0.3 is 7.60 Å². The predicted octanol–water partition coefficient (Wildman–Crippen LogP) is 1.23. The summed E-state index contributed by atoms with van der Waals surface area (Å²) in [6, 6.07) is 0. The van der Waals surface area contributed by atoms with Crippen LogP contribution in [0.5, 0.6) is 0 Å². The molecular formula is C4H11CuO3P. The average Bonchev–Trinajstić information content (AvgIpc) is 1.67. The van der Waals surface area contributed by atoms with Gasteiger partial charge in [0.2, 0.25) is 0 Å². The molecule has 0 fully saturated rings. The van der Waals surface area contributed by atoms with E-state index < -0.39 is 7.60 Å². The van der Waals surface area contributed by atoms with Gasteiger partial charge in [-0.1, -0.05) is 6.92 Å². The minimum atomic E-state index is -3.17. The molecule has 1 N–H and O–H groups in total. The molecule has 61 valence electrons. The molecule has 0 rings (SSSR count). The van der Waals surface area contributed by atoms with Gasteiger partial charge in [0.15, 0.2) is 0 Å². The number of hydrogen-bond acceptors (Lipinski definition) is 2. The molecule has 0 aromatic carbocycles. The van der Waals surface area contributed by atoms with Gasteiger partial charge in [-0.3, -0.25) is 4.57 Å². The molecule has 0 saturated carbocycles. The van der Waals surface area contributed by atoms with E-state index in [-0.39, 0.29) is 23.2 Å². The average molecular weight is 202 g/mol. The zero-order valence-corrected chi connectivity index (χ0v) is 7.26. The van der Waals surface area contributed by atoms with Gasteiger partial charge in [-0.15, -0.1) is 0 Å². The number of rotatable bonds is 3.